The molecule has 0 atom stereocenters. The van der Waals surface area contributed by atoms with Crippen LogP contribution in [0.25, 0.3) is 0 Å². The molecule has 2 aromatic carbocycles. The van der Waals surface area contributed by atoms with E-state index in [0.29, 0.717) is 5.02 Å². The van der Waals surface area contributed by atoms with E-state index in [-0.39, 0.29) is 22.8 Å². The van der Waals surface area contributed by atoms with Crippen LogP contribution in [0.15, 0.2) is 71.3 Å². The van der Waals surface area contributed by atoms with Gasteiger partial charge in [-0.2, -0.15) is 0 Å². The van der Waals surface area contributed by atoms with E-state index in [9.17, 15) is 9.59 Å². The standard InChI is InChI=1S/C18H11ClO5/c19-15-8-2-1-7-14(15)17(20)23-12-5-3-6-13(11-12)24-18(21)16-9-4-10-22-16/h1-11H. The van der Waals surface area contributed by atoms with E-state index in [1.807, 2.05) is 0 Å². The van der Waals surface area contributed by atoms with E-state index in [4.69, 9.17) is 25.5 Å². The molecule has 6 heteroatoms. The first-order valence-corrected chi connectivity index (χ1v) is 7.34. The molecule has 0 saturated carbocycles. The summed E-state index contributed by atoms with van der Waals surface area (Å²) in [6.07, 6.45) is 1.37. The van der Waals surface area contributed by atoms with Gasteiger partial charge in [0, 0.05) is 6.07 Å². The second kappa shape index (κ2) is 7.02. The first-order valence-electron chi connectivity index (χ1n) is 6.96. The molecule has 0 unspecified atom stereocenters. The molecule has 3 rings (SSSR count). The molecule has 0 saturated heterocycles. The average Bonchev–Trinajstić information content (AvgIpc) is 3.10. The van der Waals surface area contributed by atoms with Crippen molar-refractivity contribution in [2.24, 2.45) is 0 Å². The van der Waals surface area contributed by atoms with Gasteiger partial charge in [0.05, 0.1) is 16.8 Å². The third-order valence-electron chi connectivity index (χ3n) is 3.04. The fourth-order valence-electron chi connectivity index (χ4n) is 1.94. The molecule has 0 bridgehead atoms. The second-order valence-corrected chi connectivity index (χ2v) is 5.12. The van der Waals surface area contributed by atoms with E-state index in [0.717, 1.165) is 0 Å². The highest BCUT2D eigenvalue weighted by Gasteiger charge is 2.14. The van der Waals surface area contributed by atoms with Gasteiger partial charge in [0.25, 0.3) is 0 Å². The summed E-state index contributed by atoms with van der Waals surface area (Å²) < 4.78 is 15.4. The number of carbonyl (C=O) groups is 2. The largest absolute Gasteiger partial charge is 0.457 e. The van der Waals surface area contributed by atoms with E-state index in [1.54, 1.807) is 48.5 Å². The normalized spacial score (nSPS) is 10.2. The van der Waals surface area contributed by atoms with Gasteiger partial charge in [-0.3, -0.25) is 0 Å². The number of benzene rings is 2. The van der Waals surface area contributed by atoms with Gasteiger partial charge < -0.3 is 13.9 Å². The fraction of sp³-hybridized carbons (Fsp3) is 0. The second-order valence-electron chi connectivity index (χ2n) is 4.71. The van der Waals surface area contributed by atoms with E-state index >= 15 is 0 Å². The smallest absolute Gasteiger partial charge is 0.379 e. The summed E-state index contributed by atoms with van der Waals surface area (Å²) in [6, 6.07) is 15.8. The molecule has 1 heterocycles. The molecule has 0 fully saturated rings. The van der Waals surface area contributed by atoms with Crippen LogP contribution in [0.5, 0.6) is 11.5 Å². The fourth-order valence-corrected chi connectivity index (χ4v) is 2.15. The van der Waals surface area contributed by atoms with Gasteiger partial charge in [0.1, 0.15) is 11.5 Å². The molecule has 0 aliphatic heterocycles. The Balaban J connectivity index is 1.72. The summed E-state index contributed by atoms with van der Waals surface area (Å²) in [7, 11) is 0. The SMILES string of the molecule is O=C(Oc1cccc(OC(=O)c2ccccc2Cl)c1)c1ccco1. The number of hydrogen-bond donors (Lipinski definition) is 0. The first-order chi connectivity index (χ1) is 11.6. The van der Waals surface area contributed by atoms with Crippen molar-refractivity contribution in [3.05, 3.63) is 83.3 Å². The van der Waals surface area contributed by atoms with Crippen LogP contribution in [-0.2, 0) is 0 Å². The molecule has 0 amide bonds. The minimum atomic E-state index is -0.644. The molecule has 0 N–H and O–H groups in total. The molecule has 0 spiro atoms. The predicted molar refractivity (Wildman–Crippen MR) is 86.5 cm³/mol. The van der Waals surface area contributed by atoms with Crippen LogP contribution in [0.4, 0.5) is 0 Å². The topological polar surface area (TPSA) is 65.7 Å². The van der Waals surface area contributed by atoms with Crippen molar-refractivity contribution in [1.82, 2.24) is 0 Å². The highest BCUT2D eigenvalue weighted by Crippen LogP contribution is 2.23. The lowest BCUT2D eigenvalue weighted by Gasteiger charge is -2.07. The lowest BCUT2D eigenvalue weighted by molar-refractivity contribution is 0.0701. The number of carbonyl (C=O) groups excluding carboxylic acids is 2. The Bertz CT molecular complexity index is 871. The van der Waals surface area contributed by atoms with Crippen molar-refractivity contribution >= 4 is 23.5 Å². The number of hydrogen-bond acceptors (Lipinski definition) is 5. The van der Waals surface area contributed by atoms with Crippen LogP contribution in [0, 0.1) is 0 Å². The van der Waals surface area contributed by atoms with E-state index in [1.165, 1.54) is 18.4 Å². The molecular formula is C18H11ClO5. The minimum absolute atomic E-state index is 0.0773. The van der Waals surface area contributed by atoms with Crippen LogP contribution in [0.2, 0.25) is 5.02 Å². The van der Waals surface area contributed by atoms with Crippen LogP contribution in [0.1, 0.15) is 20.9 Å². The maximum absolute atomic E-state index is 12.1. The van der Waals surface area contributed by atoms with Crippen molar-refractivity contribution in [1.29, 1.82) is 0 Å². The maximum Gasteiger partial charge on any atom is 0.379 e. The Labute approximate surface area is 142 Å². The zero-order valence-electron chi connectivity index (χ0n) is 12.3. The summed E-state index contributed by atoms with van der Waals surface area (Å²) in [6.45, 7) is 0. The summed E-state index contributed by atoms with van der Waals surface area (Å²) in [5.41, 5.74) is 0.247. The number of halogens is 1. The Morgan fingerprint density at radius 3 is 2.21 bits per heavy atom. The van der Waals surface area contributed by atoms with Gasteiger partial charge in [-0.25, -0.2) is 9.59 Å². The first kappa shape index (κ1) is 15.8. The quantitative estimate of drug-likeness (QED) is 0.520. The van der Waals surface area contributed by atoms with Gasteiger partial charge >= 0.3 is 11.9 Å². The van der Waals surface area contributed by atoms with Crippen molar-refractivity contribution in [3.8, 4) is 11.5 Å². The molecular weight excluding hydrogens is 332 g/mol. The van der Waals surface area contributed by atoms with Crippen LogP contribution in [-0.4, -0.2) is 11.9 Å². The molecule has 0 radical (unpaired) electrons. The summed E-state index contributed by atoms with van der Waals surface area (Å²) in [5, 5.41) is 0.294. The minimum Gasteiger partial charge on any atom is -0.457 e. The number of ether oxygens (including phenoxy) is 2. The number of rotatable bonds is 4. The van der Waals surface area contributed by atoms with Crippen molar-refractivity contribution < 1.29 is 23.5 Å². The molecule has 0 aliphatic rings. The van der Waals surface area contributed by atoms with Crippen LogP contribution >= 0.6 is 11.6 Å². The van der Waals surface area contributed by atoms with Gasteiger partial charge in [-0.05, 0) is 36.4 Å². The number of esters is 2. The Hall–Kier alpha value is -3.05. The van der Waals surface area contributed by atoms with Crippen molar-refractivity contribution in [2.75, 3.05) is 0 Å². The molecule has 0 aliphatic carbocycles. The third-order valence-corrected chi connectivity index (χ3v) is 3.37. The average molecular weight is 343 g/mol. The van der Waals surface area contributed by atoms with Gasteiger partial charge in [0.2, 0.25) is 5.76 Å². The van der Waals surface area contributed by atoms with Crippen LogP contribution < -0.4 is 9.47 Å². The summed E-state index contributed by atoms with van der Waals surface area (Å²) in [4.78, 5) is 24.0. The lowest BCUT2D eigenvalue weighted by Crippen LogP contribution is -2.10. The summed E-state index contributed by atoms with van der Waals surface area (Å²) >= 11 is 5.96. The highest BCUT2D eigenvalue weighted by atomic mass is 35.5. The van der Waals surface area contributed by atoms with Crippen molar-refractivity contribution in [2.45, 2.75) is 0 Å². The van der Waals surface area contributed by atoms with Crippen molar-refractivity contribution in [3.63, 3.8) is 0 Å². The summed E-state index contributed by atoms with van der Waals surface area (Å²) in [5.74, 6) is -0.719. The van der Waals surface area contributed by atoms with Gasteiger partial charge in [-0.15, -0.1) is 0 Å². The maximum atomic E-state index is 12.1. The molecule has 5 nitrogen and oxygen atoms in total. The molecule has 24 heavy (non-hydrogen) atoms. The molecule has 3 aromatic rings. The zero-order valence-corrected chi connectivity index (χ0v) is 13.0. The highest BCUT2D eigenvalue weighted by molar-refractivity contribution is 6.33. The number of furan rings is 1. The predicted octanol–water partition coefficient (Wildman–Crippen LogP) is 4.37. The Kier molecular flexibility index (Phi) is 4.63. The van der Waals surface area contributed by atoms with E-state index in [2.05, 4.69) is 0 Å². The van der Waals surface area contributed by atoms with E-state index < -0.39 is 11.9 Å². The Morgan fingerprint density at radius 2 is 1.54 bits per heavy atom. The lowest BCUT2D eigenvalue weighted by atomic mass is 10.2. The Morgan fingerprint density at radius 1 is 0.833 bits per heavy atom. The monoisotopic (exact) mass is 342 g/mol. The van der Waals surface area contributed by atoms with Crippen LogP contribution in [0.3, 0.4) is 0 Å². The molecule has 1 aromatic heterocycles. The van der Waals surface area contributed by atoms with Gasteiger partial charge in [0.15, 0.2) is 0 Å². The van der Waals surface area contributed by atoms with Gasteiger partial charge in [-0.1, -0.05) is 29.8 Å². The zero-order chi connectivity index (χ0) is 16.9. The third kappa shape index (κ3) is 3.64. The molecule has 120 valence electrons.